The van der Waals surface area contributed by atoms with Crippen LogP contribution in [0.5, 0.6) is 0 Å². The molecule has 4 heterocycles. The van der Waals surface area contributed by atoms with Gasteiger partial charge in [0.1, 0.15) is 5.52 Å². The van der Waals surface area contributed by atoms with E-state index in [0.29, 0.717) is 55.0 Å². The molecule has 37 heavy (non-hydrogen) atoms. The van der Waals surface area contributed by atoms with Crippen LogP contribution in [-0.4, -0.2) is 46.8 Å². The number of nitrogen functional groups attached to an aromatic ring is 1. The van der Waals surface area contributed by atoms with Gasteiger partial charge in [0, 0.05) is 37.1 Å². The largest absolute Gasteiger partial charge is 0.450 e. The third-order valence-electron chi connectivity index (χ3n) is 6.07. The number of pyridine rings is 1. The maximum absolute atomic E-state index is 12.2. The summed E-state index contributed by atoms with van der Waals surface area (Å²) in [5.41, 5.74) is 11.1. The highest BCUT2D eigenvalue weighted by atomic mass is 16.5. The van der Waals surface area contributed by atoms with E-state index >= 15 is 0 Å². The van der Waals surface area contributed by atoms with Crippen LogP contribution in [0.4, 0.5) is 10.6 Å². The smallest absolute Gasteiger partial charge is 0.407 e. The second kappa shape index (κ2) is 10.6. The molecule has 0 bridgehead atoms. The van der Waals surface area contributed by atoms with Crippen molar-refractivity contribution >= 4 is 34.1 Å². The lowest BCUT2D eigenvalue weighted by molar-refractivity contribution is 0.143. The zero-order valence-corrected chi connectivity index (χ0v) is 20.8. The number of aromatic nitrogens is 7. The fourth-order valence-electron chi connectivity index (χ4n) is 4.12. The lowest BCUT2D eigenvalue weighted by atomic mass is 10.2. The number of anilines is 1. The van der Waals surface area contributed by atoms with Crippen LogP contribution in [0.25, 0.3) is 33.6 Å². The SMILES string of the molecule is CC(C)n1cnc2ccc(CNC(=O)OCCCCn3cnc4c(N)nc(-c5cccnc5)nc43)cc21. The molecule has 0 atom stereocenters. The van der Waals surface area contributed by atoms with Gasteiger partial charge in [0.2, 0.25) is 0 Å². The summed E-state index contributed by atoms with van der Waals surface area (Å²) in [4.78, 5) is 34.1. The molecular weight excluding hydrogens is 470 g/mol. The van der Waals surface area contributed by atoms with Crippen molar-refractivity contribution in [3.8, 4) is 11.4 Å². The van der Waals surface area contributed by atoms with Crippen LogP contribution >= 0.6 is 0 Å². The van der Waals surface area contributed by atoms with E-state index in [4.69, 9.17) is 10.5 Å². The van der Waals surface area contributed by atoms with Gasteiger partial charge in [0.05, 0.1) is 30.3 Å². The van der Waals surface area contributed by atoms with Gasteiger partial charge < -0.3 is 24.9 Å². The number of amides is 1. The predicted octanol–water partition coefficient (Wildman–Crippen LogP) is 4.11. The van der Waals surface area contributed by atoms with E-state index in [1.165, 1.54) is 0 Å². The monoisotopic (exact) mass is 499 g/mol. The van der Waals surface area contributed by atoms with Crippen LogP contribution in [0.2, 0.25) is 0 Å². The van der Waals surface area contributed by atoms with Crippen molar-refractivity contribution in [3.05, 3.63) is 60.9 Å². The minimum atomic E-state index is -0.438. The first kappa shape index (κ1) is 24.2. The number of alkyl carbamates (subject to hydrolysis) is 1. The number of ether oxygens (including phenoxy) is 1. The molecule has 0 saturated heterocycles. The van der Waals surface area contributed by atoms with E-state index in [-0.39, 0.29) is 0 Å². The van der Waals surface area contributed by atoms with Crippen LogP contribution in [-0.2, 0) is 17.8 Å². The number of fused-ring (bicyclic) bond motifs is 2. The van der Waals surface area contributed by atoms with Gasteiger partial charge in [0.15, 0.2) is 17.3 Å². The average molecular weight is 500 g/mol. The molecule has 0 fully saturated rings. The highest BCUT2D eigenvalue weighted by Gasteiger charge is 2.13. The minimum absolute atomic E-state index is 0.312. The first-order valence-corrected chi connectivity index (χ1v) is 12.2. The zero-order chi connectivity index (χ0) is 25.8. The summed E-state index contributed by atoms with van der Waals surface area (Å²) in [6, 6.07) is 10.0. The Bertz CT molecular complexity index is 1530. The van der Waals surface area contributed by atoms with Gasteiger partial charge in [-0.05, 0) is 56.5 Å². The number of nitrogens with one attached hydrogen (secondary N) is 1. The number of carbonyl (C=O) groups is 1. The maximum Gasteiger partial charge on any atom is 0.407 e. The summed E-state index contributed by atoms with van der Waals surface area (Å²) < 4.78 is 9.40. The average Bonchev–Trinajstić information content (AvgIpc) is 3.52. The molecule has 1 amide bonds. The van der Waals surface area contributed by atoms with Crippen LogP contribution in [0.1, 0.15) is 38.3 Å². The van der Waals surface area contributed by atoms with Gasteiger partial charge in [-0.2, -0.15) is 0 Å². The molecule has 11 nitrogen and oxygen atoms in total. The molecule has 11 heteroatoms. The van der Waals surface area contributed by atoms with Crippen LogP contribution in [0.15, 0.2) is 55.4 Å². The number of nitrogens with zero attached hydrogens (tertiary/aromatic N) is 7. The minimum Gasteiger partial charge on any atom is -0.450 e. The van der Waals surface area contributed by atoms with Gasteiger partial charge in [0.25, 0.3) is 0 Å². The van der Waals surface area contributed by atoms with E-state index < -0.39 is 6.09 Å². The molecule has 3 N–H and O–H groups in total. The molecular formula is C26H29N9O2. The van der Waals surface area contributed by atoms with Crippen molar-refractivity contribution < 1.29 is 9.53 Å². The van der Waals surface area contributed by atoms with Crippen LogP contribution in [0.3, 0.4) is 0 Å². The second-order valence-electron chi connectivity index (χ2n) is 9.05. The zero-order valence-electron chi connectivity index (χ0n) is 20.8. The third-order valence-corrected chi connectivity index (χ3v) is 6.07. The van der Waals surface area contributed by atoms with Gasteiger partial charge >= 0.3 is 6.09 Å². The molecule has 0 unspecified atom stereocenters. The number of carbonyl (C=O) groups excluding carboxylic acids is 1. The fourth-order valence-corrected chi connectivity index (χ4v) is 4.12. The highest BCUT2D eigenvalue weighted by molar-refractivity contribution is 5.83. The van der Waals surface area contributed by atoms with E-state index in [1.54, 1.807) is 18.7 Å². The standard InChI is InChI=1S/C26H29N9O2/c1-17(2)35-16-30-20-8-7-18(12-21(20)35)13-29-26(36)37-11-4-3-10-34-15-31-22-23(27)32-24(33-25(22)34)19-6-5-9-28-14-19/h5-9,12,14-17H,3-4,10-11,13H2,1-2H3,(H,29,36)(H2,27,32,33). The maximum atomic E-state index is 12.2. The van der Waals surface area contributed by atoms with Crippen LogP contribution < -0.4 is 11.1 Å². The molecule has 0 aliphatic rings. The second-order valence-corrected chi connectivity index (χ2v) is 9.05. The molecule has 0 aliphatic carbocycles. The number of aryl methyl sites for hydroxylation is 1. The van der Waals surface area contributed by atoms with Crippen molar-refractivity contribution in [2.75, 3.05) is 12.3 Å². The third kappa shape index (κ3) is 5.35. The Hall–Kier alpha value is -4.54. The van der Waals surface area contributed by atoms with E-state index in [0.717, 1.165) is 28.6 Å². The first-order valence-electron chi connectivity index (χ1n) is 12.2. The van der Waals surface area contributed by atoms with Gasteiger partial charge in [-0.15, -0.1) is 0 Å². The summed E-state index contributed by atoms with van der Waals surface area (Å²) in [7, 11) is 0. The number of hydrogen-bond donors (Lipinski definition) is 2. The number of imidazole rings is 2. The van der Waals surface area contributed by atoms with E-state index in [2.05, 4.69) is 48.7 Å². The molecule has 0 saturated carbocycles. The molecule has 4 aromatic heterocycles. The molecule has 190 valence electrons. The summed E-state index contributed by atoms with van der Waals surface area (Å²) in [5.74, 6) is 0.836. The van der Waals surface area contributed by atoms with Gasteiger partial charge in [-0.3, -0.25) is 4.98 Å². The highest BCUT2D eigenvalue weighted by Crippen LogP contribution is 2.22. The van der Waals surface area contributed by atoms with Crippen molar-refractivity contribution in [1.82, 2.24) is 39.4 Å². The lowest BCUT2D eigenvalue weighted by Crippen LogP contribution is -2.24. The van der Waals surface area contributed by atoms with Crippen molar-refractivity contribution in [1.29, 1.82) is 0 Å². The fraction of sp³-hybridized carbons (Fsp3) is 0.308. The molecule has 5 rings (SSSR count). The Kier molecular flexibility index (Phi) is 6.93. The number of benzene rings is 1. The molecule has 0 spiro atoms. The molecule has 0 aliphatic heterocycles. The van der Waals surface area contributed by atoms with Crippen molar-refractivity contribution in [2.24, 2.45) is 0 Å². The Morgan fingerprint density at radius 2 is 2.03 bits per heavy atom. The number of unbranched alkanes of at least 4 members (excludes halogenated alkanes) is 1. The topological polar surface area (TPSA) is 139 Å². The number of nitrogens with two attached hydrogens (primary N) is 1. The van der Waals surface area contributed by atoms with E-state index in [1.807, 2.05) is 41.2 Å². The summed E-state index contributed by atoms with van der Waals surface area (Å²) >= 11 is 0. The Morgan fingerprint density at radius 3 is 2.84 bits per heavy atom. The van der Waals surface area contributed by atoms with Crippen molar-refractivity contribution in [2.45, 2.75) is 45.8 Å². The number of hydrogen-bond acceptors (Lipinski definition) is 8. The molecule has 5 aromatic rings. The number of rotatable bonds is 9. The van der Waals surface area contributed by atoms with Crippen molar-refractivity contribution in [3.63, 3.8) is 0 Å². The lowest BCUT2D eigenvalue weighted by Gasteiger charge is -2.10. The van der Waals surface area contributed by atoms with Crippen LogP contribution in [0, 0.1) is 0 Å². The molecule has 1 aromatic carbocycles. The summed E-state index contributed by atoms with van der Waals surface area (Å²) in [6.07, 6.45) is 7.98. The summed E-state index contributed by atoms with van der Waals surface area (Å²) in [5, 5.41) is 2.82. The Labute approximate surface area is 213 Å². The van der Waals surface area contributed by atoms with Gasteiger partial charge in [-0.1, -0.05) is 6.07 Å². The van der Waals surface area contributed by atoms with Gasteiger partial charge in [-0.25, -0.2) is 24.7 Å². The predicted molar refractivity (Wildman–Crippen MR) is 141 cm³/mol. The normalized spacial score (nSPS) is 11.4. The Balaban J connectivity index is 1.10. The summed E-state index contributed by atoms with van der Waals surface area (Å²) in [6.45, 7) is 5.59. The molecule has 0 radical (unpaired) electrons. The quantitative estimate of drug-likeness (QED) is 0.289. The van der Waals surface area contributed by atoms with E-state index in [9.17, 15) is 4.79 Å². The Morgan fingerprint density at radius 1 is 1.14 bits per heavy atom. The first-order chi connectivity index (χ1) is 18.0.